The van der Waals surface area contributed by atoms with Gasteiger partial charge in [-0.3, -0.25) is 14.5 Å². The smallest absolute Gasteiger partial charge is 0.323 e. The third kappa shape index (κ3) is 6.36. The van der Waals surface area contributed by atoms with Crippen LogP contribution in [-0.2, 0) is 28.0 Å². The lowest BCUT2D eigenvalue weighted by molar-refractivity contribution is -0.137. The van der Waals surface area contributed by atoms with Crippen LogP contribution >= 0.6 is 0 Å². The molecule has 0 fully saturated rings. The van der Waals surface area contributed by atoms with Crippen molar-refractivity contribution in [3.05, 3.63) is 84.2 Å². The Balaban J connectivity index is 1.71. The normalized spacial score (nSPS) is 11.6. The van der Waals surface area contributed by atoms with Gasteiger partial charge in [0, 0.05) is 18.7 Å². The number of anilines is 1. The Kier molecular flexibility index (Phi) is 8.17. The molecule has 0 saturated carbocycles. The van der Waals surface area contributed by atoms with Crippen molar-refractivity contribution in [3.63, 3.8) is 0 Å². The van der Waals surface area contributed by atoms with E-state index in [1.54, 1.807) is 72.8 Å². The van der Waals surface area contributed by atoms with E-state index in [0.29, 0.717) is 40.4 Å². The summed E-state index contributed by atoms with van der Waals surface area (Å²) >= 11 is 0. The quantitative estimate of drug-likeness (QED) is 0.180. The van der Waals surface area contributed by atoms with Crippen LogP contribution in [0.15, 0.2) is 77.7 Å². The molecular formula is C27H30N6O5S. The molecule has 4 aromatic rings. The fourth-order valence-corrected chi connectivity index (χ4v) is 5.49. The average Bonchev–Trinajstić information content (AvgIpc) is 3.23. The number of aliphatic carboxylic acids is 1. The molecule has 0 spiro atoms. The molecule has 0 saturated heterocycles. The van der Waals surface area contributed by atoms with E-state index < -0.39 is 16.0 Å². The summed E-state index contributed by atoms with van der Waals surface area (Å²) in [4.78, 5) is 18.3. The minimum absolute atomic E-state index is 0.0244. The van der Waals surface area contributed by atoms with Crippen LogP contribution in [0.2, 0.25) is 0 Å². The van der Waals surface area contributed by atoms with Gasteiger partial charge in [-0.25, -0.2) is 13.4 Å². The Morgan fingerprint density at radius 3 is 2.36 bits per heavy atom. The Morgan fingerprint density at radius 1 is 1.05 bits per heavy atom. The zero-order chi connectivity index (χ0) is 28.2. The van der Waals surface area contributed by atoms with Gasteiger partial charge >= 0.3 is 5.97 Å². The highest BCUT2D eigenvalue weighted by Crippen LogP contribution is 2.28. The number of hydrogen-bond acceptors (Lipinski definition) is 7. The number of amidine groups is 1. The number of ether oxygens (including phenoxy) is 1. The van der Waals surface area contributed by atoms with Gasteiger partial charge in [-0.2, -0.15) is 0 Å². The average molecular weight is 551 g/mol. The minimum atomic E-state index is -3.87. The number of nitrogen functional groups attached to an aromatic ring is 1. The molecule has 0 unspecified atom stereocenters. The van der Waals surface area contributed by atoms with E-state index in [0.717, 1.165) is 0 Å². The molecule has 0 bridgehead atoms. The number of fused-ring (bicyclic) bond motifs is 1. The van der Waals surface area contributed by atoms with Gasteiger partial charge in [-0.15, -0.1) is 0 Å². The largest absolute Gasteiger partial charge is 0.486 e. The number of rotatable bonds is 12. The Morgan fingerprint density at radius 2 is 1.74 bits per heavy atom. The summed E-state index contributed by atoms with van der Waals surface area (Å²) < 4.78 is 35.9. The van der Waals surface area contributed by atoms with E-state index in [2.05, 4.69) is 4.98 Å². The van der Waals surface area contributed by atoms with Crippen LogP contribution in [0.5, 0.6) is 5.75 Å². The molecule has 4 rings (SSSR count). The maximum absolute atomic E-state index is 13.6. The molecule has 1 aromatic heterocycles. The molecule has 0 amide bonds. The van der Waals surface area contributed by atoms with Crippen LogP contribution in [0, 0.1) is 5.41 Å². The van der Waals surface area contributed by atoms with E-state index in [9.17, 15) is 18.3 Å². The number of carboxylic acid groups (broad SMARTS) is 1. The van der Waals surface area contributed by atoms with Crippen molar-refractivity contribution in [2.45, 2.75) is 18.0 Å². The highest BCUT2D eigenvalue weighted by molar-refractivity contribution is 7.92. The first-order valence-corrected chi connectivity index (χ1v) is 13.5. The molecule has 11 nitrogen and oxygen atoms in total. The number of hydrogen-bond donors (Lipinski definition) is 3. The maximum atomic E-state index is 13.6. The lowest BCUT2D eigenvalue weighted by Gasteiger charge is -2.26. The van der Waals surface area contributed by atoms with Crippen LogP contribution in [-0.4, -0.2) is 67.0 Å². The minimum Gasteiger partial charge on any atom is -0.486 e. The van der Waals surface area contributed by atoms with Gasteiger partial charge in [-0.1, -0.05) is 18.2 Å². The number of aromatic nitrogens is 2. The zero-order valence-corrected chi connectivity index (χ0v) is 22.4. The number of carbonyl (C=O) groups is 1. The molecule has 39 heavy (non-hydrogen) atoms. The summed E-state index contributed by atoms with van der Waals surface area (Å²) in [6.07, 6.45) is 0. The van der Waals surface area contributed by atoms with Crippen LogP contribution in [0.25, 0.3) is 11.0 Å². The van der Waals surface area contributed by atoms with Crippen molar-refractivity contribution >= 4 is 38.5 Å². The van der Waals surface area contributed by atoms with E-state index in [1.807, 2.05) is 19.0 Å². The molecule has 0 radical (unpaired) electrons. The molecule has 1 heterocycles. The van der Waals surface area contributed by atoms with Crippen molar-refractivity contribution in [1.29, 1.82) is 5.41 Å². The molecule has 4 N–H and O–H groups in total. The molecule has 0 aliphatic heterocycles. The number of sulfonamides is 1. The number of likely N-dealkylation sites (N-methyl/N-ethyl adjacent to an activating group) is 1. The first-order valence-electron chi connectivity index (χ1n) is 12.1. The Bertz CT molecular complexity index is 1580. The van der Waals surface area contributed by atoms with Crippen LogP contribution < -0.4 is 14.8 Å². The van der Waals surface area contributed by atoms with Gasteiger partial charge in [0.05, 0.1) is 21.6 Å². The maximum Gasteiger partial charge on any atom is 0.323 e. The fraction of sp³-hybridized carbons (Fsp3) is 0.222. The predicted octanol–water partition coefficient (Wildman–Crippen LogP) is 2.74. The van der Waals surface area contributed by atoms with E-state index in [1.165, 1.54) is 8.87 Å². The number of carboxylic acids is 1. The first-order chi connectivity index (χ1) is 18.6. The number of imidazole rings is 1. The standard InChI is InChI=1S/C27H30N6O5S/c1-31(2)14-15-33(39(36,37)22-6-4-3-5-7-22)20-10-13-24-23(16-20)30-25(32(24)17-26(34)35)18-38-21-11-8-19(9-12-21)27(28)29/h3-13,16H,14-15,17-18H2,1-2H3,(H3,28,29)(H,34,35). The predicted molar refractivity (Wildman–Crippen MR) is 149 cm³/mol. The van der Waals surface area contributed by atoms with Gasteiger partial charge in [0.2, 0.25) is 0 Å². The van der Waals surface area contributed by atoms with Crippen molar-refractivity contribution in [1.82, 2.24) is 14.5 Å². The van der Waals surface area contributed by atoms with Crippen LogP contribution in [0.4, 0.5) is 5.69 Å². The second kappa shape index (κ2) is 11.5. The van der Waals surface area contributed by atoms with Crippen molar-refractivity contribution in [2.24, 2.45) is 5.73 Å². The lowest BCUT2D eigenvalue weighted by Crippen LogP contribution is -2.36. The van der Waals surface area contributed by atoms with Gasteiger partial charge in [0.25, 0.3) is 10.0 Å². The van der Waals surface area contributed by atoms with Gasteiger partial charge in [0.1, 0.15) is 30.6 Å². The molecule has 0 aliphatic rings. The SMILES string of the molecule is CN(C)CCN(c1ccc2c(c1)nc(COc1ccc(C(=N)N)cc1)n2CC(=O)O)S(=O)(=O)c1ccccc1. The van der Waals surface area contributed by atoms with Crippen LogP contribution in [0.1, 0.15) is 11.4 Å². The molecular weight excluding hydrogens is 520 g/mol. The van der Waals surface area contributed by atoms with E-state index >= 15 is 0 Å². The summed E-state index contributed by atoms with van der Waals surface area (Å²) in [5.41, 5.74) is 7.45. The van der Waals surface area contributed by atoms with Gasteiger partial charge in [-0.05, 0) is 68.7 Å². The zero-order valence-electron chi connectivity index (χ0n) is 21.6. The topological polar surface area (TPSA) is 155 Å². The second-order valence-electron chi connectivity index (χ2n) is 9.10. The number of benzene rings is 3. The van der Waals surface area contributed by atoms with E-state index in [-0.39, 0.29) is 30.4 Å². The van der Waals surface area contributed by atoms with Crippen molar-refractivity contribution < 1.29 is 23.1 Å². The second-order valence-corrected chi connectivity index (χ2v) is 11.0. The van der Waals surface area contributed by atoms with Crippen LogP contribution in [0.3, 0.4) is 0 Å². The number of nitrogens with zero attached hydrogens (tertiary/aromatic N) is 4. The summed E-state index contributed by atoms with van der Waals surface area (Å²) in [6, 6.07) is 19.8. The molecule has 12 heteroatoms. The summed E-state index contributed by atoms with van der Waals surface area (Å²) in [5.74, 6) is -0.247. The van der Waals surface area contributed by atoms with Gasteiger partial charge in [0.15, 0.2) is 0 Å². The summed E-state index contributed by atoms with van der Waals surface area (Å²) in [5, 5.41) is 17.0. The third-order valence-corrected chi connectivity index (χ3v) is 7.85. The highest BCUT2D eigenvalue weighted by atomic mass is 32.2. The molecule has 0 aliphatic carbocycles. The lowest BCUT2D eigenvalue weighted by atomic mass is 10.2. The summed E-state index contributed by atoms with van der Waals surface area (Å²) in [6.45, 7) is 0.324. The molecule has 3 aromatic carbocycles. The van der Waals surface area contributed by atoms with Crippen molar-refractivity contribution in [2.75, 3.05) is 31.5 Å². The molecule has 0 atom stereocenters. The third-order valence-electron chi connectivity index (χ3n) is 6.01. The number of nitrogens with two attached hydrogens (primary N) is 1. The van der Waals surface area contributed by atoms with Crippen molar-refractivity contribution in [3.8, 4) is 5.75 Å². The monoisotopic (exact) mass is 550 g/mol. The summed E-state index contributed by atoms with van der Waals surface area (Å²) in [7, 11) is -0.137. The Hall–Kier alpha value is -4.42. The first kappa shape index (κ1) is 27.6. The number of nitrogens with one attached hydrogen (secondary N) is 1. The van der Waals surface area contributed by atoms with E-state index in [4.69, 9.17) is 15.9 Å². The van der Waals surface area contributed by atoms with Gasteiger partial charge < -0.3 is 25.0 Å². The highest BCUT2D eigenvalue weighted by Gasteiger charge is 2.26. The Labute approximate surface area is 226 Å². The molecule has 204 valence electrons. The fourth-order valence-electron chi connectivity index (χ4n) is 4.02.